The van der Waals surface area contributed by atoms with E-state index in [1.807, 2.05) is 0 Å². The number of hydrogen-bond acceptors (Lipinski definition) is 9. The minimum Gasteiger partial charge on any atom is -0.415 e. The van der Waals surface area contributed by atoms with E-state index < -0.39 is 21.8 Å². The molecule has 13 heteroatoms. The van der Waals surface area contributed by atoms with Crippen LogP contribution < -0.4 is 9.80 Å². The molecule has 2 saturated heterocycles. The Morgan fingerprint density at radius 3 is 2.23 bits per heavy atom. The van der Waals surface area contributed by atoms with Gasteiger partial charge in [0.25, 0.3) is 11.8 Å². The summed E-state index contributed by atoms with van der Waals surface area (Å²) in [6, 6.07) is 4.60. The van der Waals surface area contributed by atoms with Crippen LogP contribution in [0.5, 0.6) is 0 Å². The van der Waals surface area contributed by atoms with Crippen LogP contribution in [0.3, 0.4) is 0 Å². The monoisotopic (exact) mass is 562 g/mol. The minimum atomic E-state index is -4.06. The highest BCUT2D eigenvalue weighted by molar-refractivity contribution is 7.91. The molecular formula is C26H29F3N6O3S. The summed E-state index contributed by atoms with van der Waals surface area (Å²) in [7, 11) is -4.06. The van der Waals surface area contributed by atoms with Gasteiger partial charge >= 0.3 is 0 Å². The molecule has 2 aliphatic heterocycles. The molecule has 1 aliphatic carbocycles. The molecule has 0 unspecified atom stereocenters. The first-order chi connectivity index (χ1) is 18.6. The van der Waals surface area contributed by atoms with E-state index >= 15 is 0 Å². The molecule has 1 saturated carbocycles. The van der Waals surface area contributed by atoms with Crippen molar-refractivity contribution in [3.8, 4) is 23.0 Å². The highest BCUT2D eigenvalue weighted by Crippen LogP contribution is 2.54. The van der Waals surface area contributed by atoms with E-state index in [1.54, 1.807) is 24.0 Å². The summed E-state index contributed by atoms with van der Waals surface area (Å²) in [4.78, 5) is 12.6. The summed E-state index contributed by atoms with van der Waals surface area (Å²) in [5, 5.41) is 8.40. The molecule has 4 heterocycles. The molecule has 1 aromatic carbocycles. The second-order valence-corrected chi connectivity index (χ2v) is 12.8. The van der Waals surface area contributed by atoms with Gasteiger partial charge in [-0.05, 0) is 62.3 Å². The van der Waals surface area contributed by atoms with Gasteiger partial charge in [-0.3, -0.25) is 0 Å². The number of hydrogen-bond donors (Lipinski definition) is 0. The summed E-state index contributed by atoms with van der Waals surface area (Å²) in [6.07, 6.45) is 3.92. The van der Waals surface area contributed by atoms with Gasteiger partial charge in [-0.25, -0.2) is 31.6 Å². The standard InChI is InChI=1S/C26H29F3N6O3S/c1-17-14-20(31-24(30-17)35-12-8-26(28,29)9-13-35)23-33-32-22(38-23)19-3-2-18(39(36,37)16-27)15-21(19)34-10-6-25(4-5-25)7-11-34/h2-3,14-15H,4-13,16H2,1H3. The highest BCUT2D eigenvalue weighted by Gasteiger charge is 2.44. The maximum atomic E-state index is 13.6. The summed E-state index contributed by atoms with van der Waals surface area (Å²) in [5.74, 6) is -2.06. The van der Waals surface area contributed by atoms with E-state index in [-0.39, 0.29) is 42.6 Å². The van der Waals surface area contributed by atoms with E-state index in [9.17, 15) is 21.6 Å². The van der Waals surface area contributed by atoms with Crippen molar-refractivity contribution in [1.82, 2.24) is 20.2 Å². The van der Waals surface area contributed by atoms with Crippen molar-refractivity contribution in [1.29, 1.82) is 0 Å². The fraction of sp³-hybridized carbons (Fsp3) is 0.538. The van der Waals surface area contributed by atoms with Gasteiger partial charge < -0.3 is 14.2 Å². The van der Waals surface area contributed by atoms with Gasteiger partial charge in [-0.1, -0.05) is 0 Å². The molecule has 1 spiro atoms. The Kier molecular flexibility index (Phi) is 6.31. The van der Waals surface area contributed by atoms with Gasteiger partial charge in [0.1, 0.15) is 5.69 Å². The molecule has 0 atom stereocenters. The number of rotatable bonds is 6. The maximum absolute atomic E-state index is 13.6. The average molecular weight is 563 g/mol. The van der Waals surface area contributed by atoms with Crippen LogP contribution in [-0.4, -0.2) is 66.7 Å². The third kappa shape index (κ3) is 5.20. The molecule has 0 bridgehead atoms. The Balaban J connectivity index is 1.33. The molecule has 3 fully saturated rings. The number of nitrogens with zero attached hydrogens (tertiary/aromatic N) is 6. The van der Waals surface area contributed by atoms with Crippen LogP contribution in [0.1, 0.15) is 44.2 Å². The van der Waals surface area contributed by atoms with E-state index in [0.717, 1.165) is 25.9 Å². The first kappa shape index (κ1) is 26.0. The quantitative estimate of drug-likeness (QED) is 0.418. The number of aryl methyl sites for hydroxylation is 1. The lowest BCUT2D eigenvalue weighted by Crippen LogP contribution is -2.40. The topological polar surface area (TPSA) is 105 Å². The summed E-state index contributed by atoms with van der Waals surface area (Å²) in [6.45, 7) is 3.54. The van der Waals surface area contributed by atoms with E-state index in [2.05, 4.69) is 25.1 Å². The molecule has 0 N–H and O–H groups in total. The van der Waals surface area contributed by atoms with Gasteiger partial charge in [0.15, 0.2) is 6.01 Å². The molecule has 2 aromatic heterocycles. The number of halogens is 3. The van der Waals surface area contributed by atoms with Crippen molar-refractivity contribution in [2.75, 3.05) is 42.0 Å². The SMILES string of the molecule is Cc1cc(-c2nnc(-c3ccc(S(=O)(=O)CF)cc3N3CCC4(CC3)CC4)o2)nc(N2CCC(F)(F)CC2)n1. The lowest BCUT2D eigenvalue weighted by atomic mass is 9.93. The predicted molar refractivity (Wildman–Crippen MR) is 138 cm³/mol. The van der Waals surface area contributed by atoms with Crippen molar-refractivity contribution >= 4 is 21.5 Å². The van der Waals surface area contributed by atoms with Crippen LogP contribution in [0.15, 0.2) is 33.6 Å². The number of sulfone groups is 1. The van der Waals surface area contributed by atoms with E-state index in [1.165, 1.54) is 25.0 Å². The zero-order valence-electron chi connectivity index (χ0n) is 21.5. The summed E-state index contributed by atoms with van der Waals surface area (Å²) >= 11 is 0. The molecule has 0 amide bonds. The Hall–Kier alpha value is -3.22. The zero-order valence-corrected chi connectivity index (χ0v) is 22.4. The van der Waals surface area contributed by atoms with Crippen molar-refractivity contribution in [2.24, 2.45) is 5.41 Å². The third-order valence-electron chi connectivity index (χ3n) is 8.09. The van der Waals surface area contributed by atoms with E-state index in [0.29, 0.717) is 34.0 Å². The van der Waals surface area contributed by atoms with Gasteiger partial charge in [0, 0.05) is 44.7 Å². The fourth-order valence-corrected chi connectivity index (χ4v) is 6.07. The molecule has 39 heavy (non-hydrogen) atoms. The van der Waals surface area contributed by atoms with Gasteiger partial charge in [0.05, 0.1) is 16.1 Å². The van der Waals surface area contributed by atoms with Crippen LogP contribution in [-0.2, 0) is 9.84 Å². The molecule has 0 radical (unpaired) electrons. The summed E-state index contributed by atoms with van der Waals surface area (Å²) < 4.78 is 71.2. The lowest BCUT2D eigenvalue weighted by molar-refractivity contribution is -0.0222. The summed E-state index contributed by atoms with van der Waals surface area (Å²) in [5.41, 5.74) is 2.53. The van der Waals surface area contributed by atoms with Crippen LogP contribution >= 0.6 is 0 Å². The van der Waals surface area contributed by atoms with Crippen LogP contribution in [0.25, 0.3) is 23.0 Å². The van der Waals surface area contributed by atoms with Crippen LogP contribution in [0, 0.1) is 12.3 Å². The second kappa shape index (κ2) is 9.46. The number of anilines is 2. The first-order valence-electron chi connectivity index (χ1n) is 13.1. The van der Waals surface area contributed by atoms with Gasteiger partial charge in [-0.2, -0.15) is 0 Å². The van der Waals surface area contributed by atoms with Crippen LogP contribution in [0.4, 0.5) is 24.8 Å². The Morgan fingerprint density at radius 1 is 0.897 bits per heavy atom. The van der Waals surface area contributed by atoms with Crippen molar-refractivity contribution in [3.63, 3.8) is 0 Å². The molecular weight excluding hydrogens is 533 g/mol. The largest absolute Gasteiger partial charge is 0.415 e. The number of alkyl halides is 3. The number of piperidine rings is 2. The Labute approximate surface area is 224 Å². The highest BCUT2D eigenvalue weighted by atomic mass is 32.2. The van der Waals surface area contributed by atoms with Crippen molar-refractivity contribution < 1.29 is 26.0 Å². The third-order valence-corrected chi connectivity index (χ3v) is 9.35. The zero-order chi connectivity index (χ0) is 27.4. The Morgan fingerprint density at radius 2 is 1.56 bits per heavy atom. The Bertz CT molecular complexity index is 1490. The van der Waals surface area contributed by atoms with Gasteiger partial charge in [0.2, 0.25) is 21.7 Å². The molecule has 3 aromatic rings. The lowest BCUT2D eigenvalue weighted by Gasteiger charge is -2.34. The molecule has 208 valence electrons. The average Bonchev–Trinajstić information content (AvgIpc) is 3.48. The first-order valence-corrected chi connectivity index (χ1v) is 14.7. The smallest absolute Gasteiger partial charge is 0.266 e. The van der Waals surface area contributed by atoms with Gasteiger partial charge in [-0.15, -0.1) is 10.2 Å². The second-order valence-electron chi connectivity index (χ2n) is 10.8. The number of benzene rings is 1. The number of aromatic nitrogens is 4. The van der Waals surface area contributed by atoms with E-state index in [4.69, 9.17) is 4.42 Å². The fourth-order valence-electron chi connectivity index (χ4n) is 5.38. The maximum Gasteiger partial charge on any atom is 0.266 e. The van der Waals surface area contributed by atoms with Crippen molar-refractivity contribution in [2.45, 2.75) is 56.3 Å². The van der Waals surface area contributed by atoms with Crippen LogP contribution in [0.2, 0.25) is 0 Å². The predicted octanol–water partition coefficient (Wildman–Crippen LogP) is 4.82. The molecule has 6 rings (SSSR count). The molecule has 3 aliphatic rings. The minimum absolute atomic E-state index is 0.0987. The van der Waals surface area contributed by atoms with Crippen molar-refractivity contribution in [3.05, 3.63) is 30.0 Å². The normalized spacial score (nSPS) is 20.4. The molecule has 9 nitrogen and oxygen atoms in total.